The highest BCUT2D eigenvalue weighted by Gasteiger charge is 2.08. The standard InChI is InChI=1S/C17H36N4O2.HI/c1-16(2)15-23-12-6-8-20-17(18-3)19-7-4-5-9-21-10-13-22-14-11-21;/h16H,4-15H2,1-3H3,(H2,18,19,20);1H. The number of unbranched alkanes of at least 4 members (excludes halogenated alkanes) is 1. The lowest BCUT2D eigenvalue weighted by atomic mass is 10.2. The Kier molecular flexibility index (Phi) is 16.3. The molecule has 0 aromatic heterocycles. The molecule has 0 amide bonds. The smallest absolute Gasteiger partial charge is 0.190 e. The minimum absolute atomic E-state index is 0. The molecule has 0 spiro atoms. The summed E-state index contributed by atoms with van der Waals surface area (Å²) in [7, 11) is 1.82. The van der Waals surface area contributed by atoms with Crippen molar-refractivity contribution in [1.29, 1.82) is 0 Å². The second-order valence-electron chi connectivity index (χ2n) is 6.41. The maximum Gasteiger partial charge on any atom is 0.190 e. The second-order valence-corrected chi connectivity index (χ2v) is 6.41. The Hall–Kier alpha value is -0.120. The van der Waals surface area contributed by atoms with Gasteiger partial charge in [0.15, 0.2) is 5.96 Å². The molecule has 0 aliphatic carbocycles. The predicted octanol–water partition coefficient (Wildman–Crippen LogP) is 1.94. The summed E-state index contributed by atoms with van der Waals surface area (Å²) < 4.78 is 10.9. The van der Waals surface area contributed by atoms with Crippen molar-refractivity contribution in [3.05, 3.63) is 0 Å². The van der Waals surface area contributed by atoms with Crippen LogP contribution in [0, 0.1) is 5.92 Å². The van der Waals surface area contributed by atoms with Crippen molar-refractivity contribution in [2.24, 2.45) is 10.9 Å². The van der Waals surface area contributed by atoms with Gasteiger partial charge in [0.2, 0.25) is 0 Å². The van der Waals surface area contributed by atoms with Gasteiger partial charge in [0.05, 0.1) is 13.2 Å². The van der Waals surface area contributed by atoms with Crippen LogP contribution in [0.25, 0.3) is 0 Å². The van der Waals surface area contributed by atoms with E-state index in [1.54, 1.807) is 0 Å². The largest absolute Gasteiger partial charge is 0.381 e. The van der Waals surface area contributed by atoms with Crippen LogP contribution in [0.1, 0.15) is 33.1 Å². The number of ether oxygens (including phenoxy) is 2. The van der Waals surface area contributed by atoms with Crippen LogP contribution in [0.5, 0.6) is 0 Å². The number of rotatable bonds is 11. The SMILES string of the molecule is CN=C(NCCCCN1CCOCC1)NCCCOCC(C)C.I. The molecule has 144 valence electrons. The van der Waals surface area contributed by atoms with Crippen molar-refractivity contribution < 1.29 is 9.47 Å². The molecule has 0 unspecified atom stereocenters. The zero-order chi connectivity index (χ0) is 16.8. The topological polar surface area (TPSA) is 58.1 Å². The van der Waals surface area contributed by atoms with Gasteiger partial charge in [-0.2, -0.15) is 0 Å². The summed E-state index contributed by atoms with van der Waals surface area (Å²) in [5.74, 6) is 1.50. The lowest BCUT2D eigenvalue weighted by Gasteiger charge is -2.26. The van der Waals surface area contributed by atoms with Crippen LogP contribution in [-0.2, 0) is 9.47 Å². The molecule has 1 fully saturated rings. The molecule has 6 nitrogen and oxygen atoms in total. The molecule has 0 aromatic carbocycles. The maximum atomic E-state index is 5.57. The van der Waals surface area contributed by atoms with Gasteiger partial charge in [-0.3, -0.25) is 9.89 Å². The third-order valence-corrected chi connectivity index (χ3v) is 3.73. The Morgan fingerprint density at radius 1 is 1.12 bits per heavy atom. The van der Waals surface area contributed by atoms with Crippen LogP contribution in [0.3, 0.4) is 0 Å². The molecule has 1 aliphatic rings. The fourth-order valence-corrected chi connectivity index (χ4v) is 2.41. The van der Waals surface area contributed by atoms with E-state index in [-0.39, 0.29) is 24.0 Å². The first-order valence-electron chi connectivity index (χ1n) is 9.04. The molecule has 24 heavy (non-hydrogen) atoms. The Balaban J connectivity index is 0.00000529. The molecule has 0 radical (unpaired) electrons. The first kappa shape index (κ1) is 23.9. The Labute approximate surface area is 165 Å². The van der Waals surface area contributed by atoms with E-state index in [1.807, 2.05) is 7.05 Å². The van der Waals surface area contributed by atoms with E-state index in [0.717, 1.165) is 71.4 Å². The second kappa shape index (κ2) is 16.4. The molecule has 1 rings (SSSR count). The Morgan fingerprint density at radius 2 is 1.79 bits per heavy atom. The summed E-state index contributed by atoms with van der Waals surface area (Å²) in [5.41, 5.74) is 0. The van der Waals surface area contributed by atoms with Gasteiger partial charge in [-0.25, -0.2) is 0 Å². The van der Waals surface area contributed by atoms with Gasteiger partial charge in [-0.05, 0) is 31.7 Å². The molecule has 1 heterocycles. The minimum Gasteiger partial charge on any atom is -0.381 e. The third-order valence-electron chi connectivity index (χ3n) is 3.73. The normalized spacial score (nSPS) is 16.1. The number of halogens is 1. The fraction of sp³-hybridized carbons (Fsp3) is 0.941. The average Bonchev–Trinajstić information content (AvgIpc) is 2.56. The van der Waals surface area contributed by atoms with Gasteiger partial charge in [0.25, 0.3) is 0 Å². The summed E-state index contributed by atoms with van der Waals surface area (Å²) in [6.07, 6.45) is 3.38. The zero-order valence-corrected chi connectivity index (χ0v) is 18.0. The van der Waals surface area contributed by atoms with Crippen LogP contribution in [0.2, 0.25) is 0 Å². The number of nitrogens with one attached hydrogen (secondary N) is 2. The highest BCUT2D eigenvalue weighted by atomic mass is 127. The van der Waals surface area contributed by atoms with Crippen LogP contribution >= 0.6 is 24.0 Å². The minimum atomic E-state index is 0. The Morgan fingerprint density at radius 3 is 2.42 bits per heavy atom. The summed E-state index contributed by atoms with van der Waals surface area (Å²) in [4.78, 5) is 6.73. The zero-order valence-electron chi connectivity index (χ0n) is 15.7. The Bertz CT molecular complexity index is 311. The van der Waals surface area contributed by atoms with Gasteiger partial charge >= 0.3 is 0 Å². The lowest BCUT2D eigenvalue weighted by Crippen LogP contribution is -2.39. The van der Waals surface area contributed by atoms with Crippen LogP contribution in [0.4, 0.5) is 0 Å². The summed E-state index contributed by atoms with van der Waals surface area (Å²) in [6.45, 7) is 12.9. The quantitative estimate of drug-likeness (QED) is 0.216. The molecule has 0 bridgehead atoms. The first-order valence-corrected chi connectivity index (χ1v) is 9.04. The number of nitrogens with zero attached hydrogens (tertiary/aromatic N) is 2. The van der Waals surface area contributed by atoms with Gasteiger partial charge < -0.3 is 20.1 Å². The van der Waals surface area contributed by atoms with Crippen molar-refractivity contribution in [3.8, 4) is 0 Å². The highest BCUT2D eigenvalue weighted by molar-refractivity contribution is 14.0. The fourth-order valence-electron chi connectivity index (χ4n) is 2.41. The average molecular weight is 456 g/mol. The number of hydrogen-bond donors (Lipinski definition) is 2. The van der Waals surface area contributed by atoms with Crippen molar-refractivity contribution in [2.45, 2.75) is 33.1 Å². The number of aliphatic imine (C=N–C) groups is 1. The van der Waals surface area contributed by atoms with E-state index in [4.69, 9.17) is 9.47 Å². The van der Waals surface area contributed by atoms with Gasteiger partial charge in [0, 0.05) is 46.4 Å². The van der Waals surface area contributed by atoms with Crippen LogP contribution in [0.15, 0.2) is 4.99 Å². The maximum absolute atomic E-state index is 5.57. The molecular weight excluding hydrogens is 419 g/mol. The van der Waals surface area contributed by atoms with Gasteiger partial charge in [-0.1, -0.05) is 13.8 Å². The monoisotopic (exact) mass is 456 g/mol. The van der Waals surface area contributed by atoms with E-state index >= 15 is 0 Å². The lowest BCUT2D eigenvalue weighted by molar-refractivity contribution is 0.0372. The van der Waals surface area contributed by atoms with Crippen LogP contribution in [-0.4, -0.2) is 77.1 Å². The molecule has 7 heteroatoms. The molecule has 1 saturated heterocycles. The van der Waals surface area contributed by atoms with Gasteiger partial charge in [0.1, 0.15) is 0 Å². The van der Waals surface area contributed by atoms with E-state index in [1.165, 1.54) is 13.0 Å². The van der Waals surface area contributed by atoms with E-state index in [0.29, 0.717) is 5.92 Å². The van der Waals surface area contributed by atoms with Crippen molar-refractivity contribution in [1.82, 2.24) is 15.5 Å². The number of hydrogen-bond acceptors (Lipinski definition) is 4. The summed E-state index contributed by atoms with van der Waals surface area (Å²) in [5, 5.41) is 6.70. The summed E-state index contributed by atoms with van der Waals surface area (Å²) >= 11 is 0. The molecule has 0 saturated carbocycles. The van der Waals surface area contributed by atoms with Crippen molar-refractivity contribution in [2.75, 3.05) is 66.2 Å². The van der Waals surface area contributed by atoms with Crippen molar-refractivity contribution >= 4 is 29.9 Å². The molecule has 0 aromatic rings. The molecule has 1 aliphatic heterocycles. The number of morpholine rings is 1. The predicted molar refractivity (Wildman–Crippen MR) is 112 cm³/mol. The summed E-state index contributed by atoms with van der Waals surface area (Å²) in [6, 6.07) is 0. The van der Waals surface area contributed by atoms with E-state index in [9.17, 15) is 0 Å². The molecule has 0 atom stereocenters. The number of guanidine groups is 1. The first-order chi connectivity index (χ1) is 11.2. The molecular formula is C17H37IN4O2. The van der Waals surface area contributed by atoms with Crippen LogP contribution < -0.4 is 10.6 Å². The van der Waals surface area contributed by atoms with E-state index < -0.39 is 0 Å². The van der Waals surface area contributed by atoms with E-state index in [2.05, 4.69) is 34.4 Å². The third kappa shape index (κ3) is 13.2. The van der Waals surface area contributed by atoms with Gasteiger partial charge in [-0.15, -0.1) is 24.0 Å². The highest BCUT2D eigenvalue weighted by Crippen LogP contribution is 1.99. The molecule has 2 N–H and O–H groups in total. The van der Waals surface area contributed by atoms with Crippen molar-refractivity contribution in [3.63, 3.8) is 0 Å².